The number of anilines is 1. The van der Waals surface area contributed by atoms with Crippen molar-refractivity contribution in [2.24, 2.45) is 0 Å². The molecule has 0 radical (unpaired) electrons. The van der Waals surface area contributed by atoms with Gasteiger partial charge in [-0.05, 0) is 58.1 Å². The first-order valence-corrected chi connectivity index (χ1v) is 12.9. The summed E-state index contributed by atoms with van der Waals surface area (Å²) >= 11 is 15.7. The fourth-order valence-electron chi connectivity index (χ4n) is 4.35. The highest BCUT2D eigenvalue weighted by Crippen LogP contribution is 2.31. The number of nitrogens with one attached hydrogen (secondary N) is 1. The van der Waals surface area contributed by atoms with Crippen molar-refractivity contribution in [3.63, 3.8) is 0 Å². The molecule has 7 nitrogen and oxygen atoms in total. The maximum absolute atomic E-state index is 12.9. The molecule has 1 saturated heterocycles. The Labute approximate surface area is 221 Å². The van der Waals surface area contributed by atoms with Crippen molar-refractivity contribution < 1.29 is 4.79 Å². The van der Waals surface area contributed by atoms with Crippen LogP contribution in [0.15, 0.2) is 59.5 Å². The zero-order chi connectivity index (χ0) is 24.4. The van der Waals surface area contributed by atoms with Crippen LogP contribution in [0.3, 0.4) is 0 Å². The Morgan fingerprint density at radius 1 is 1.09 bits per heavy atom. The summed E-state index contributed by atoms with van der Waals surface area (Å²) < 4.78 is 2.65. The van der Waals surface area contributed by atoms with E-state index in [1.165, 1.54) is 0 Å². The highest BCUT2D eigenvalue weighted by Gasteiger charge is 2.26. The summed E-state index contributed by atoms with van der Waals surface area (Å²) in [5.74, 6) is 1.23. The first-order chi connectivity index (χ1) is 17.0. The van der Waals surface area contributed by atoms with Crippen LogP contribution >= 0.6 is 39.1 Å². The van der Waals surface area contributed by atoms with Gasteiger partial charge in [-0.2, -0.15) is 9.61 Å². The van der Waals surface area contributed by atoms with Crippen molar-refractivity contribution in [3.8, 4) is 0 Å². The molecule has 0 bridgehead atoms. The van der Waals surface area contributed by atoms with Gasteiger partial charge in [-0.3, -0.25) is 9.78 Å². The number of likely N-dealkylation sites (tertiary alicyclic amines) is 1. The lowest BCUT2D eigenvalue weighted by Gasteiger charge is -2.32. The van der Waals surface area contributed by atoms with Crippen LogP contribution in [0.1, 0.15) is 35.6 Å². The maximum Gasteiger partial charge on any atom is 0.226 e. The molecule has 1 fully saturated rings. The van der Waals surface area contributed by atoms with Gasteiger partial charge in [-0.1, -0.05) is 35.3 Å². The fraction of sp³-hybridized carbons (Fsp3) is 0.280. The van der Waals surface area contributed by atoms with Gasteiger partial charge >= 0.3 is 0 Å². The molecular weight excluding hydrogens is 551 g/mol. The summed E-state index contributed by atoms with van der Waals surface area (Å²) in [5, 5.41) is 8.90. The van der Waals surface area contributed by atoms with Crippen LogP contribution in [-0.2, 0) is 17.8 Å². The molecule has 5 rings (SSSR count). The van der Waals surface area contributed by atoms with Crippen molar-refractivity contribution in [1.29, 1.82) is 0 Å². The molecule has 1 amide bonds. The van der Waals surface area contributed by atoms with E-state index in [1.54, 1.807) is 29.0 Å². The number of carbonyl (C=O) groups excluding carboxylic acids is 1. The van der Waals surface area contributed by atoms with Gasteiger partial charge in [0.25, 0.3) is 0 Å². The normalized spacial score (nSPS) is 14.4. The van der Waals surface area contributed by atoms with E-state index >= 15 is 0 Å². The molecule has 1 aromatic carbocycles. The van der Waals surface area contributed by atoms with Crippen LogP contribution in [0.2, 0.25) is 10.0 Å². The van der Waals surface area contributed by atoms with E-state index in [0.29, 0.717) is 36.1 Å². The van der Waals surface area contributed by atoms with E-state index in [4.69, 9.17) is 28.2 Å². The molecule has 1 N–H and O–H groups in total. The van der Waals surface area contributed by atoms with Crippen LogP contribution < -0.4 is 5.32 Å². The van der Waals surface area contributed by atoms with Gasteiger partial charge in [-0.15, -0.1) is 0 Å². The van der Waals surface area contributed by atoms with Crippen molar-refractivity contribution in [3.05, 3.63) is 86.3 Å². The van der Waals surface area contributed by atoms with E-state index in [9.17, 15) is 4.79 Å². The number of hydrogen-bond donors (Lipinski definition) is 1. The van der Waals surface area contributed by atoms with E-state index in [1.807, 2.05) is 29.3 Å². The number of pyridine rings is 1. The quantitative estimate of drug-likeness (QED) is 0.318. The Morgan fingerprint density at radius 3 is 2.66 bits per heavy atom. The number of carbonyl (C=O) groups is 1. The minimum absolute atomic E-state index is 0.0996. The molecule has 35 heavy (non-hydrogen) atoms. The molecule has 0 saturated carbocycles. The topological polar surface area (TPSA) is 75.4 Å². The second kappa shape index (κ2) is 10.5. The Balaban J connectivity index is 1.28. The molecule has 1 aliphatic heterocycles. The van der Waals surface area contributed by atoms with Crippen molar-refractivity contribution in [2.45, 2.75) is 31.7 Å². The fourth-order valence-corrected chi connectivity index (χ4v) is 5.01. The third-order valence-corrected chi connectivity index (χ3v) is 7.55. The first-order valence-electron chi connectivity index (χ1n) is 11.4. The van der Waals surface area contributed by atoms with Crippen LogP contribution in [0.5, 0.6) is 0 Å². The van der Waals surface area contributed by atoms with Gasteiger partial charge in [0.15, 0.2) is 5.65 Å². The number of rotatable bonds is 6. The molecule has 180 valence electrons. The molecule has 0 unspecified atom stereocenters. The molecule has 4 aromatic rings. The number of nitrogens with zero attached hydrogens (tertiary/aromatic N) is 5. The molecule has 0 atom stereocenters. The third-order valence-electron chi connectivity index (χ3n) is 6.25. The zero-order valence-electron chi connectivity index (χ0n) is 18.8. The van der Waals surface area contributed by atoms with Gasteiger partial charge in [0.2, 0.25) is 5.91 Å². The number of hydrogen-bond acceptors (Lipinski definition) is 5. The Bertz CT molecular complexity index is 1360. The minimum atomic E-state index is 0.0996. The lowest BCUT2D eigenvalue weighted by molar-refractivity contribution is -0.131. The van der Waals surface area contributed by atoms with Gasteiger partial charge in [-0.25, -0.2) is 4.98 Å². The molecule has 4 heterocycles. The Hall–Kier alpha value is -2.68. The summed E-state index contributed by atoms with van der Waals surface area (Å²) in [7, 11) is 0. The number of benzene rings is 1. The monoisotopic (exact) mass is 572 g/mol. The largest absolute Gasteiger partial charge is 0.366 e. The van der Waals surface area contributed by atoms with Crippen molar-refractivity contribution in [2.75, 3.05) is 18.4 Å². The van der Waals surface area contributed by atoms with Crippen molar-refractivity contribution >= 4 is 56.5 Å². The van der Waals surface area contributed by atoms with E-state index < -0.39 is 0 Å². The Kier molecular flexibility index (Phi) is 7.22. The molecule has 0 spiro atoms. The summed E-state index contributed by atoms with van der Waals surface area (Å²) in [6.45, 7) is 2.01. The van der Waals surface area contributed by atoms with E-state index in [2.05, 4.69) is 37.4 Å². The average molecular weight is 574 g/mol. The smallest absolute Gasteiger partial charge is 0.226 e. The molecule has 1 aliphatic rings. The van der Waals surface area contributed by atoms with Gasteiger partial charge in [0, 0.05) is 49.7 Å². The first kappa shape index (κ1) is 24.0. The molecule has 0 aliphatic carbocycles. The van der Waals surface area contributed by atoms with Gasteiger partial charge < -0.3 is 10.2 Å². The van der Waals surface area contributed by atoms with Gasteiger partial charge in [0.1, 0.15) is 5.82 Å². The number of aromatic nitrogens is 4. The number of halogens is 3. The van der Waals surface area contributed by atoms with Crippen LogP contribution in [0.25, 0.3) is 5.65 Å². The van der Waals surface area contributed by atoms with Crippen LogP contribution in [0, 0.1) is 0 Å². The van der Waals surface area contributed by atoms with Crippen molar-refractivity contribution in [1.82, 2.24) is 24.5 Å². The predicted molar refractivity (Wildman–Crippen MR) is 141 cm³/mol. The minimum Gasteiger partial charge on any atom is -0.366 e. The highest BCUT2D eigenvalue weighted by atomic mass is 79.9. The predicted octanol–water partition coefficient (Wildman–Crippen LogP) is 5.75. The number of amides is 1. The second-order valence-corrected chi connectivity index (χ2v) is 10.3. The average Bonchev–Trinajstić information content (AvgIpc) is 3.26. The number of piperidine rings is 1. The van der Waals surface area contributed by atoms with Crippen LogP contribution in [0.4, 0.5) is 5.82 Å². The summed E-state index contributed by atoms with van der Waals surface area (Å²) in [5.41, 5.74) is 3.73. The van der Waals surface area contributed by atoms with E-state index in [-0.39, 0.29) is 11.8 Å². The summed E-state index contributed by atoms with van der Waals surface area (Å²) in [6.07, 6.45) is 7.38. The zero-order valence-corrected chi connectivity index (χ0v) is 21.9. The van der Waals surface area contributed by atoms with Crippen LogP contribution in [-0.4, -0.2) is 43.5 Å². The number of fused-ring (bicyclic) bond motifs is 1. The summed E-state index contributed by atoms with van der Waals surface area (Å²) in [6, 6.07) is 11.4. The SMILES string of the molecule is O=C(Cc1ccc(Cl)c(Cl)c1)N1CCC(c2cc(NCc3cccnc3)n3ncc(Br)c3n2)CC1. The molecule has 3 aromatic heterocycles. The maximum atomic E-state index is 12.9. The molecule has 10 heteroatoms. The second-order valence-electron chi connectivity index (χ2n) is 8.59. The lowest BCUT2D eigenvalue weighted by atomic mass is 9.92. The lowest BCUT2D eigenvalue weighted by Crippen LogP contribution is -2.39. The van der Waals surface area contributed by atoms with Gasteiger partial charge in [0.05, 0.1) is 27.1 Å². The van der Waals surface area contributed by atoms with E-state index in [0.717, 1.165) is 45.6 Å². The highest BCUT2D eigenvalue weighted by molar-refractivity contribution is 9.10. The standard InChI is InChI=1S/C25H23BrCl2N6O/c26-19-15-31-34-23(30-14-17-2-1-7-29-13-17)12-22(32-25(19)34)18-5-8-33(9-6-18)24(35)11-16-3-4-20(27)21(28)10-16/h1-4,7,10,12-13,15,18,30H,5-6,8-9,11,14H2. The summed E-state index contributed by atoms with van der Waals surface area (Å²) in [4.78, 5) is 23.9. The third kappa shape index (κ3) is 5.44. The molecular formula is C25H23BrCl2N6O. The Morgan fingerprint density at radius 2 is 1.91 bits per heavy atom.